The van der Waals surface area contributed by atoms with E-state index in [0.29, 0.717) is 18.7 Å². The van der Waals surface area contributed by atoms with Crippen molar-refractivity contribution in [1.82, 2.24) is 24.8 Å². The van der Waals surface area contributed by atoms with Gasteiger partial charge in [-0.1, -0.05) is 19.1 Å². The van der Waals surface area contributed by atoms with Crippen LogP contribution in [0, 0.1) is 0 Å². The van der Waals surface area contributed by atoms with Crippen LogP contribution in [-0.2, 0) is 20.0 Å². The number of hydrogen-bond acceptors (Lipinski definition) is 4. The van der Waals surface area contributed by atoms with Crippen molar-refractivity contribution >= 4 is 15.9 Å². The van der Waals surface area contributed by atoms with Gasteiger partial charge in [0, 0.05) is 7.05 Å². The first-order valence-electron chi connectivity index (χ1n) is 6.35. The van der Waals surface area contributed by atoms with E-state index in [9.17, 15) is 5.11 Å². The van der Waals surface area contributed by atoms with Gasteiger partial charge in [-0.3, -0.25) is 4.68 Å². The minimum atomic E-state index is -0.546. The van der Waals surface area contributed by atoms with Gasteiger partial charge in [0.2, 0.25) is 0 Å². The summed E-state index contributed by atoms with van der Waals surface area (Å²) in [6.07, 6.45) is 2.74. The van der Waals surface area contributed by atoms with Gasteiger partial charge in [0.1, 0.15) is 5.69 Å². The Morgan fingerprint density at radius 1 is 1.42 bits per heavy atom. The summed E-state index contributed by atoms with van der Waals surface area (Å²) in [6.45, 7) is 4.56. The van der Waals surface area contributed by atoms with Gasteiger partial charge >= 0.3 is 0 Å². The third-order valence-corrected chi connectivity index (χ3v) is 4.01. The molecule has 0 aliphatic heterocycles. The van der Waals surface area contributed by atoms with Crippen LogP contribution in [0.2, 0.25) is 0 Å². The fourth-order valence-corrected chi connectivity index (χ4v) is 2.64. The topological polar surface area (TPSA) is 68.8 Å². The maximum Gasteiger partial charge on any atom is 0.111 e. The summed E-state index contributed by atoms with van der Waals surface area (Å²) in [6, 6.07) is 0. The van der Waals surface area contributed by atoms with Crippen LogP contribution in [0.15, 0.2) is 10.7 Å². The van der Waals surface area contributed by atoms with E-state index in [0.717, 1.165) is 22.3 Å². The third kappa shape index (κ3) is 2.87. The largest absolute Gasteiger partial charge is 0.387 e. The van der Waals surface area contributed by atoms with Crippen LogP contribution in [0.25, 0.3) is 0 Å². The molecule has 6 nitrogen and oxygen atoms in total. The first-order chi connectivity index (χ1) is 9.06. The summed E-state index contributed by atoms with van der Waals surface area (Å²) in [5.74, 6) is 0. The number of aliphatic hydroxyl groups is 1. The Hall–Kier alpha value is -1.21. The number of hydrogen-bond donors (Lipinski definition) is 1. The van der Waals surface area contributed by atoms with E-state index < -0.39 is 6.10 Å². The highest BCUT2D eigenvalue weighted by atomic mass is 79.9. The lowest BCUT2D eigenvalue weighted by molar-refractivity contribution is 0.168. The maximum atomic E-state index is 9.72. The molecule has 2 aromatic heterocycles. The zero-order valence-corrected chi connectivity index (χ0v) is 12.9. The van der Waals surface area contributed by atoms with Crippen molar-refractivity contribution in [2.24, 2.45) is 7.05 Å². The van der Waals surface area contributed by atoms with Gasteiger partial charge in [-0.2, -0.15) is 5.10 Å². The fourth-order valence-electron chi connectivity index (χ4n) is 1.90. The van der Waals surface area contributed by atoms with E-state index in [1.807, 2.05) is 18.7 Å². The molecule has 1 unspecified atom stereocenters. The Kier molecular flexibility index (Phi) is 4.36. The highest BCUT2D eigenvalue weighted by molar-refractivity contribution is 9.10. The van der Waals surface area contributed by atoms with Crippen molar-refractivity contribution in [3.05, 3.63) is 27.8 Å². The molecule has 0 aliphatic rings. The number of rotatable bonds is 5. The standard InChI is InChI=1S/C12H18BrN5O/c1-4-8-12(13)10(17(3)15-8)7-18-6-9(14-16-18)11(19)5-2/h6,11,19H,4-5,7H2,1-3H3. The number of nitrogens with zero attached hydrogens (tertiary/aromatic N) is 5. The zero-order chi connectivity index (χ0) is 14.0. The summed E-state index contributed by atoms with van der Waals surface area (Å²) in [5.41, 5.74) is 2.68. The molecule has 7 heteroatoms. The molecule has 1 atom stereocenters. The molecule has 0 spiro atoms. The van der Waals surface area contributed by atoms with Gasteiger partial charge in [0.05, 0.1) is 34.7 Å². The smallest absolute Gasteiger partial charge is 0.111 e. The molecule has 1 N–H and O–H groups in total. The monoisotopic (exact) mass is 327 g/mol. The van der Waals surface area contributed by atoms with Crippen molar-refractivity contribution in [3.63, 3.8) is 0 Å². The zero-order valence-electron chi connectivity index (χ0n) is 11.3. The minimum absolute atomic E-state index is 0.546. The van der Waals surface area contributed by atoms with Crippen LogP contribution in [0.1, 0.15) is 43.5 Å². The minimum Gasteiger partial charge on any atom is -0.387 e. The molecular weight excluding hydrogens is 310 g/mol. The molecule has 0 fully saturated rings. The van der Waals surface area contributed by atoms with Gasteiger partial charge in [0.25, 0.3) is 0 Å². The molecule has 0 bridgehead atoms. The maximum absolute atomic E-state index is 9.72. The Morgan fingerprint density at radius 2 is 2.16 bits per heavy atom. The van der Waals surface area contributed by atoms with Gasteiger partial charge in [-0.25, -0.2) is 4.68 Å². The molecule has 0 amide bonds. The van der Waals surface area contributed by atoms with Crippen molar-refractivity contribution in [1.29, 1.82) is 0 Å². The molecule has 19 heavy (non-hydrogen) atoms. The summed E-state index contributed by atoms with van der Waals surface area (Å²) < 4.78 is 4.58. The van der Waals surface area contributed by atoms with Crippen LogP contribution in [-0.4, -0.2) is 29.9 Å². The molecule has 0 aliphatic carbocycles. The predicted molar refractivity (Wildman–Crippen MR) is 74.7 cm³/mol. The van der Waals surface area contributed by atoms with E-state index in [1.165, 1.54) is 0 Å². The quantitative estimate of drug-likeness (QED) is 0.909. The number of aromatic nitrogens is 5. The molecule has 0 aromatic carbocycles. The summed E-state index contributed by atoms with van der Waals surface area (Å²) in [5, 5.41) is 22.2. The predicted octanol–water partition coefficient (Wildman–Crippen LogP) is 1.83. The first-order valence-corrected chi connectivity index (χ1v) is 7.14. The Morgan fingerprint density at radius 3 is 2.74 bits per heavy atom. The van der Waals surface area contributed by atoms with E-state index in [-0.39, 0.29) is 0 Å². The van der Waals surface area contributed by atoms with Crippen LogP contribution in [0.4, 0.5) is 0 Å². The van der Waals surface area contributed by atoms with E-state index in [4.69, 9.17) is 0 Å². The number of aryl methyl sites for hydroxylation is 2. The Balaban J connectivity index is 2.22. The van der Waals surface area contributed by atoms with E-state index >= 15 is 0 Å². The molecule has 2 aromatic rings. The second-order valence-corrected chi connectivity index (χ2v) is 5.24. The first kappa shape index (κ1) is 14.2. The summed E-state index contributed by atoms with van der Waals surface area (Å²) in [7, 11) is 1.91. The normalized spacial score (nSPS) is 12.9. The average Bonchev–Trinajstić information content (AvgIpc) is 2.98. The van der Waals surface area contributed by atoms with Gasteiger partial charge in [-0.15, -0.1) is 5.10 Å². The van der Waals surface area contributed by atoms with Gasteiger partial charge < -0.3 is 5.11 Å². The van der Waals surface area contributed by atoms with Crippen molar-refractivity contribution in [2.75, 3.05) is 0 Å². The van der Waals surface area contributed by atoms with Gasteiger partial charge in [0.15, 0.2) is 0 Å². The SMILES string of the molecule is CCc1nn(C)c(Cn2cc(C(O)CC)nn2)c1Br. The second kappa shape index (κ2) is 5.83. The Bertz CT molecular complexity index is 562. The second-order valence-electron chi connectivity index (χ2n) is 4.45. The molecule has 0 saturated carbocycles. The molecule has 104 valence electrons. The van der Waals surface area contributed by atoms with Crippen molar-refractivity contribution < 1.29 is 5.11 Å². The molecule has 0 radical (unpaired) electrons. The molecule has 0 saturated heterocycles. The van der Waals surface area contributed by atoms with Crippen LogP contribution >= 0.6 is 15.9 Å². The summed E-state index contributed by atoms with van der Waals surface area (Å²) in [4.78, 5) is 0. The van der Waals surface area contributed by atoms with Gasteiger partial charge in [-0.05, 0) is 28.8 Å². The van der Waals surface area contributed by atoms with E-state index in [1.54, 1.807) is 10.9 Å². The lowest BCUT2D eigenvalue weighted by atomic mass is 10.2. The van der Waals surface area contributed by atoms with Crippen LogP contribution < -0.4 is 0 Å². The Labute approximate surface area is 120 Å². The molecule has 2 heterocycles. The number of aliphatic hydroxyl groups excluding tert-OH is 1. The molecule has 2 rings (SSSR count). The van der Waals surface area contributed by atoms with E-state index in [2.05, 4.69) is 38.3 Å². The summed E-state index contributed by atoms with van der Waals surface area (Å²) >= 11 is 3.57. The van der Waals surface area contributed by atoms with Crippen molar-refractivity contribution in [3.8, 4) is 0 Å². The number of halogens is 1. The van der Waals surface area contributed by atoms with Crippen molar-refractivity contribution in [2.45, 2.75) is 39.3 Å². The molecular formula is C12H18BrN5O. The lowest BCUT2D eigenvalue weighted by Crippen LogP contribution is -2.06. The third-order valence-electron chi connectivity index (χ3n) is 3.10. The van der Waals surface area contributed by atoms with Crippen LogP contribution in [0.5, 0.6) is 0 Å². The average molecular weight is 328 g/mol. The lowest BCUT2D eigenvalue weighted by Gasteiger charge is -2.03. The fraction of sp³-hybridized carbons (Fsp3) is 0.583. The highest BCUT2D eigenvalue weighted by Gasteiger charge is 2.15. The highest BCUT2D eigenvalue weighted by Crippen LogP contribution is 2.22. The van der Waals surface area contributed by atoms with Crippen LogP contribution in [0.3, 0.4) is 0 Å².